The molecule has 0 aliphatic carbocycles. The van der Waals surface area contributed by atoms with Crippen LogP contribution >= 0.6 is 11.6 Å². The molecule has 3 rings (SSSR count). The highest BCUT2D eigenvalue weighted by atomic mass is 35.5. The van der Waals surface area contributed by atoms with Gasteiger partial charge in [-0.1, -0.05) is 23.7 Å². The largest absolute Gasteiger partial charge is 0.496 e. The number of aromatic nitrogens is 1. The number of fused-ring (bicyclic) bond motifs is 1. The third kappa shape index (κ3) is 2.83. The first-order valence-electron chi connectivity index (χ1n) is 7.47. The molecule has 1 amide bonds. The van der Waals surface area contributed by atoms with Gasteiger partial charge in [0.25, 0.3) is 0 Å². The van der Waals surface area contributed by atoms with Gasteiger partial charge < -0.3 is 14.7 Å². The molecule has 1 aromatic heterocycles. The van der Waals surface area contributed by atoms with Crippen LogP contribution in [0.25, 0.3) is 0 Å². The van der Waals surface area contributed by atoms with E-state index in [0.717, 1.165) is 4.90 Å². The Morgan fingerprint density at radius 1 is 1.44 bits per heavy atom. The number of hydrogen-bond donors (Lipinski definition) is 1. The van der Waals surface area contributed by atoms with Gasteiger partial charge in [-0.25, -0.2) is 4.98 Å². The average Bonchev–Trinajstić information content (AvgIpc) is 2.77. The molecule has 0 radical (unpaired) electrons. The molecule has 0 fully saturated rings. The van der Waals surface area contributed by atoms with Crippen molar-refractivity contribution in [1.29, 1.82) is 0 Å². The first-order valence-corrected chi connectivity index (χ1v) is 7.84. The van der Waals surface area contributed by atoms with E-state index in [9.17, 15) is 18.7 Å². The molecule has 2 aromatic rings. The number of methoxy groups -OCH3 is 1. The Labute approximate surface area is 147 Å². The molecule has 0 spiro atoms. The van der Waals surface area contributed by atoms with Crippen molar-refractivity contribution in [3.05, 3.63) is 52.3 Å². The number of anilines is 1. The van der Waals surface area contributed by atoms with Crippen LogP contribution in [-0.4, -0.2) is 23.1 Å². The predicted octanol–water partition coefficient (Wildman–Crippen LogP) is 3.44. The van der Waals surface area contributed by atoms with Gasteiger partial charge >= 0.3 is 11.8 Å². The Balaban J connectivity index is 2.09. The molecule has 1 N–H and O–H groups in total. The minimum atomic E-state index is -3.71. The van der Waals surface area contributed by atoms with Crippen molar-refractivity contribution >= 4 is 23.2 Å². The Hall–Kier alpha value is -2.25. The van der Waals surface area contributed by atoms with Crippen molar-refractivity contribution in [2.24, 2.45) is 0 Å². The van der Waals surface area contributed by atoms with Crippen LogP contribution < -0.4 is 9.64 Å². The van der Waals surface area contributed by atoms with E-state index in [1.54, 1.807) is 0 Å². The molecule has 0 saturated heterocycles. The van der Waals surface area contributed by atoms with Gasteiger partial charge in [-0.3, -0.25) is 4.79 Å². The third-order valence-corrected chi connectivity index (χ3v) is 4.31. The van der Waals surface area contributed by atoms with E-state index >= 15 is 0 Å². The summed E-state index contributed by atoms with van der Waals surface area (Å²) in [5, 5.41) is 9.98. The van der Waals surface area contributed by atoms with Crippen molar-refractivity contribution in [3.63, 3.8) is 0 Å². The molecule has 8 heteroatoms. The maximum atomic E-state index is 14.6. The molecule has 1 atom stereocenters. The normalized spacial score (nSPS) is 16.7. The van der Waals surface area contributed by atoms with E-state index in [-0.39, 0.29) is 22.9 Å². The second-order valence-corrected chi connectivity index (χ2v) is 6.09. The monoisotopic (exact) mass is 368 g/mol. The van der Waals surface area contributed by atoms with E-state index in [2.05, 4.69) is 4.98 Å². The Morgan fingerprint density at radius 3 is 2.80 bits per heavy atom. The topological polar surface area (TPSA) is 62.7 Å². The quantitative estimate of drug-likeness (QED) is 0.840. The smallest absolute Gasteiger partial charge is 0.352 e. The number of carbonyl (C=O) groups excluding carboxylic acids is 1. The lowest BCUT2D eigenvalue weighted by Crippen LogP contribution is -2.34. The molecule has 0 bridgehead atoms. The Morgan fingerprint density at radius 2 is 2.16 bits per heavy atom. The lowest BCUT2D eigenvalue weighted by Gasteiger charge is -2.19. The van der Waals surface area contributed by atoms with Gasteiger partial charge in [0, 0.05) is 17.8 Å². The summed E-state index contributed by atoms with van der Waals surface area (Å²) < 4.78 is 34.3. The van der Waals surface area contributed by atoms with E-state index in [4.69, 9.17) is 16.3 Å². The summed E-state index contributed by atoms with van der Waals surface area (Å²) in [6.45, 7) is 1.23. The zero-order valence-corrected chi connectivity index (χ0v) is 14.2. The second-order valence-electron chi connectivity index (χ2n) is 5.70. The van der Waals surface area contributed by atoms with Gasteiger partial charge in [0.15, 0.2) is 0 Å². The maximum absolute atomic E-state index is 14.6. The van der Waals surface area contributed by atoms with Gasteiger partial charge in [-0.2, -0.15) is 8.78 Å². The van der Waals surface area contributed by atoms with Crippen LogP contribution in [-0.2, 0) is 17.3 Å². The summed E-state index contributed by atoms with van der Waals surface area (Å²) in [7, 11) is 1.41. The number of carbonyl (C=O) groups is 1. The first-order chi connectivity index (χ1) is 11.8. The highest BCUT2D eigenvalue weighted by Crippen LogP contribution is 2.48. The number of halogens is 3. The van der Waals surface area contributed by atoms with Crippen molar-refractivity contribution < 1.29 is 23.4 Å². The number of ether oxygens (including phenoxy) is 1. The number of alkyl halides is 2. The van der Waals surface area contributed by atoms with Crippen LogP contribution in [0.2, 0.25) is 5.15 Å². The molecule has 1 aliphatic rings. The van der Waals surface area contributed by atoms with Crippen molar-refractivity contribution in [3.8, 4) is 5.75 Å². The summed E-state index contributed by atoms with van der Waals surface area (Å²) in [5.41, 5.74) is 0.0622. The second kappa shape index (κ2) is 6.24. The molecule has 132 valence electrons. The van der Waals surface area contributed by atoms with Crippen molar-refractivity contribution in [2.45, 2.75) is 25.5 Å². The lowest BCUT2D eigenvalue weighted by atomic mass is 9.98. The van der Waals surface area contributed by atoms with E-state index in [1.807, 2.05) is 0 Å². The van der Waals surface area contributed by atoms with Crippen LogP contribution in [0.4, 0.5) is 14.5 Å². The van der Waals surface area contributed by atoms with Crippen molar-refractivity contribution in [2.75, 3.05) is 12.0 Å². The third-order valence-electron chi connectivity index (χ3n) is 4.10. The molecular formula is C17H15ClF2N2O3. The molecule has 25 heavy (non-hydrogen) atoms. The summed E-state index contributed by atoms with van der Waals surface area (Å²) in [5.74, 6) is -4.72. The summed E-state index contributed by atoms with van der Waals surface area (Å²) in [6.07, 6.45) is 0.253. The molecule has 0 saturated carbocycles. The summed E-state index contributed by atoms with van der Waals surface area (Å²) in [6, 6.07) is 5.79. The van der Waals surface area contributed by atoms with Gasteiger partial charge in [-0.15, -0.1) is 0 Å². The molecular weight excluding hydrogens is 354 g/mol. The number of nitrogens with zero attached hydrogens (tertiary/aromatic N) is 2. The minimum absolute atomic E-state index is 0.0274. The van der Waals surface area contributed by atoms with E-state index in [0.29, 0.717) is 11.3 Å². The Bertz CT molecular complexity index is 843. The highest BCUT2D eigenvalue weighted by Gasteiger charge is 2.54. The van der Waals surface area contributed by atoms with Crippen LogP contribution in [0.3, 0.4) is 0 Å². The minimum Gasteiger partial charge on any atom is -0.496 e. The maximum Gasteiger partial charge on any atom is 0.352 e. The predicted molar refractivity (Wildman–Crippen MR) is 88.0 cm³/mol. The number of hydrogen-bond acceptors (Lipinski definition) is 4. The number of benzene rings is 1. The lowest BCUT2D eigenvalue weighted by molar-refractivity contribution is -0.141. The molecule has 1 aromatic carbocycles. The fraction of sp³-hybridized carbons (Fsp3) is 0.294. The number of pyridine rings is 1. The van der Waals surface area contributed by atoms with Gasteiger partial charge in [0.1, 0.15) is 10.9 Å². The zero-order chi connectivity index (χ0) is 18.4. The highest BCUT2D eigenvalue weighted by molar-refractivity contribution is 6.29. The SMILES string of the molecule is COc1cc(Cl)ncc1CN1C(=O)C(F)(F)c2c([C@H](C)O)cccc21. The number of amides is 1. The average molecular weight is 369 g/mol. The first kappa shape index (κ1) is 17.6. The fourth-order valence-electron chi connectivity index (χ4n) is 2.94. The van der Waals surface area contributed by atoms with Gasteiger partial charge in [-0.05, 0) is 18.6 Å². The van der Waals surface area contributed by atoms with Crippen LogP contribution in [0.1, 0.15) is 29.7 Å². The molecule has 2 heterocycles. The summed E-state index contributed by atoms with van der Waals surface area (Å²) in [4.78, 5) is 17.2. The van der Waals surface area contributed by atoms with Crippen molar-refractivity contribution in [1.82, 2.24) is 4.98 Å². The van der Waals surface area contributed by atoms with Crippen LogP contribution in [0, 0.1) is 0 Å². The fourth-order valence-corrected chi connectivity index (χ4v) is 3.08. The number of rotatable bonds is 4. The summed E-state index contributed by atoms with van der Waals surface area (Å²) >= 11 is 5.80. The van der Waals surface area contributed by atoms with E-state index in [1.165, 1.54) is 44.5 Å². The molecule has 1 aliphatic heterocycles. The number of aliphatic hydroxyl groups excluding tert-OH is 1. The van der Waals surface area contributed by atoms with Gasteiger partial charge in [0.2, 0.25) is 0 Å². The van der Waals surface area contributed by atoms with E-state index < -0.39 is 23.5 Å². The molecule has 5 nitrogen and oxygen atoms in total. The Kier molecular flexibility index (Phi) is 4.38. The number of aliphatic hydroxyl groups is 1. The van der Waals surface area contributed by atoms with Crippen LogP contribution in [0.5, 0.6) is 5.75 Å². The zero-order valence-electron chi connectivity index (χ0n) is 13.5. The standard InChI is InChI=1S/C17H15ClF2N2O3/c1-9(23)11-4-3-5-12-15(11)17(19,20)16(24)22(12)8-10-7-21-14(18)6-13(10)25-2/h3-7,9,23H,8H2,1-2H3/t9-/m0/s1. The van der Waals surface area contributed by atoms with Crippen LogP contribution in [0.15, 0.2) is 30.5 Å². The molecule has 0 unspecified atom stereocenters. The van der Waals surface area contributed by atoms with Gasteiger partial charge in [0.05, 0.1) is 31.0 Å².